The smallest absolute Gasteiger partial charge is 0.405 e. The molecular weight excluding hydrogens is 534 g/mol. The maximum Gasteiger partial charge on any atom is 0.573 e. The first-order valence-corrected chi connectivity index (χ1v) is 12.3. The molecule has 14 heteroatoms. The maximum absolute atomic E-state index is 13.5. The highest BCUT2D eigenvalue weighted by Gasteiger charge is 2.42. The van der Waals surface area contributed by atoms with Gasteiger partial charge in [-0.05, 0) is 49.4 Å². The molecule has 206 valence electrons. The van der Waals surface area contributed by atoms with E-state index < -0.39 is 29.7 Å². The minimum atomic E-state index is -5.03. The zero-order valence-corrected chi connectivity index (χ0v) is 20.9. The number of hydrogen-bond acceptors (Lipinski definition) is 7. The summed E-state index contributed by atoms with van der Waals surface area (Å²) >= 11 is 0. The molecule has 1 aliphatic carbocycles. The summed E-state index contributed by atoms with van der Waals surface area (Å²) in [6.07, 6.45) is 0.545. The number of halogens is 4. The van der Waals surface area contributed by atoms with Gasteiger partial charge >= 0.3 is 6.36 Å². The van der Waals surface area contributed by atoms with Gasteiger partial charge in [-0.15, -0.1) is 18.3 Å². The van der Waals surface area contributed by atoms with E-state index in [-0.39, 0.29) is 52.1 Å². The molecule has 10 nitrogen and oxygen atoms in total. The quantitative estimate of drug-likeness (QED) is 0.337. The molecule has 4 heterocycles. The van der Waals surface area contributed by atoms with Crippen LogP contribution in [-0.2, 0) is 6.54 Å². The Kier molecular flexibility index (Phi) is 5.85. The standard InChI is InChI=1S/C26H21F4N7O3/c1-12(13-2-3-13)36-11-15-6-14(7-19(20(15)25(36)39)40-26(28,29)30)18-4-5-37-23(34-18)21(22(31)35-37)24(38)33-17-8-16(27)9-32-10-17/h4-10,12-13H,2-3,11H2,1H3,(H2,31,35)(H,33,38)/t12-/m0/s1. The number of nitrogens with two attached hydrogens (primary N) is 1. The molecule has 1 atom stereocenters. The molecular formula is C26H21F4N7O3. The number of nitrogens with one attached hydrogen (secondary N) is 1. The first-order valence-electron chi connectivity index (χ1n) is 12.3. The summed E-state index contributed by atoms with van der Waals surface area (Å²) in [5.41, 5.74) is 6.59. The minimum absolute atomic E-state index is 0.00992. The highest BCUT2D eigenvalue weighted by molar-refractivity contribution is 6.11. The lowest BCUT2D eigenvalue weighted by molar-refractivity contribution is -0.274. The molecule has 2 amide bonds. The van der Waals surface area contributed by atoms with Gasteiger partial charge in [0, 0.05) is 30.4 Å². The van der Waals surface area contributed by atoms with Crippen molar-refractivity contribution < 1.29 is 31.9 Å². The molecule has 4 aromatic rings. The number of pyridine rings is 1. The molecule has 0 spiro atoms. The number of nitrogen functional groups attached to an aromatic ring is 1. The van der Waals surface area contributed by atoms with Crippen LogP contribution in [0.25, 0.3) is 16.9 Å². The summed E-state index contributed by atoms with van der Waals surface area (Å²) in [6.45, 7) is 2.02. The predicted molar refractivity (Wildman–Crippen MR) is 134 cm³/mol. The average molecular weight is 555 g/mol. The second-order valence-electron chi connectivity index (χ2n) is 9.75. The highest BCUT2D eigenvalue weighted by atomic mass is 19.4. The molecule has 0 saturated heterocycles. The Hall–Kier alpha value is -4.75. The van der Waals surface area contributed by atoms with E-state index in [1.807, 2.05) is 6.92 Å². The second-order valence-corrected chi connectivity index (χ2v) is 9.75. The van der Waals surface area contributed by atoms with Gasteiger partial charge in [0.2, 0.25) is 0 Å². The monoisotopic (exact) mass is 555 g/mol. The first kappa shape index (κ1) is 25.5. The normalized spacial score (nSPS) is 15.8. The van der Waals surface area contributed by atoms with E-state index >= 15 is 0 Å². The van der Waals surface area contributed by atoms with Gasteiger partial charge in [-0.1, -0.05) is 0 Å². The maximum atomic E-state index is 13.5. The fraction of sp³-hybridized carbons (Fsp3) is 0.269. The number of amides is 2. The van der Waals surface area contributed by atoms with Crippen LogP contribution in [0.4, 0.5) is 29.1 Å². The second kappa shape index (κ2) is 9.17. The molecule has 1 saturated carbocycles. The van der Waals surface area contributed by atoms with Gasteiger partial charge < -0.3 is 20.7 Å². The lowest BCUT2D eigenvalue weighted by Crippen LogP contribution is -2.34. The summed E-state index contributed by atoms with van der Waals surface area (Å²) in [5.74, 6) is -2.40. The van der Waals surface area contributed by atoms with Crippen molar-refractivity contribution in [2.24, 2.45) is 5.92 Å². The Morgan fingerprint density at radius 3 is 2.70 bits per heavy atom. The van der Waals surface area contributed by atoms with Crippen LogP contribution in [0.3, 0.4) is 0 Å². The van der Waals surface area contributed by atoms with Crippen LogP contribution >= 0.6 is 0 Å². The zero-order chi connectivity index (χ0) is 28.3. The van der Waals surface area contributed by atoms with Gasteiger partial charge in [0.05, 0.1) is 29.3 Å². The number of benzene rings is 1. The third-order valence-corrected chi connectivity index (χ3v) is 7.02. The molecule has 2 aliphatic rings. The number of carbonyl (C=O) groups excluding carboxylic acids is 2. The van der Waals surface area contributed by atoms with Crippen molar-refractivity contribution in [1.82, 2.24) is 24.5 Å². The Balaban J connectivity index is 1.41. The number of fused-ring (bicyclic) bond motifs is 2. The van der Waals surface area contributed by atoms with Gasteiger partial charge in [-0.2, -0.15) is 0 Å². The van der Waals surface area contributed by atoms with E-state index in [1.54, 1.807) is 11.0 Å². The number of anilines is 2. The Labute approximate surface area is 223 Å². The van der Waals surface area contributed by atoms with Crippen molar-refractivity contribution >= 4 is 29.0 Å². The van der Waals surface area contributed by atoms with Crippen LogP contribution < -0.4 is 15.8 Å². The average Bonchev–Trinajstić information content (AvgIpc) is 3.59. The van der Waals surface area contributed by atoms with E-state index in [1.165, 1.54) is 23.0 Å². The number of ether oxygens (including phenoxy) is 1. The van der Waals surface area contributed by atoms with Gasteiger partial charge in [-0.25, -0.2) is 13.9 Å². The zero-order valence-electron chi connectivity index (χ0n) is 20.9. The summed E-state index contributed by atoms with van der Waals surface area (Å²) in [7, 11) is 0. The van der Waals surface area contributed by atoms with E-state index in [9.17, 15) is 27.2 Å². The highest BCUT2D eigenvalue weighted by Crippen LogP contribution is 2.42. The molecule has 1 aromatic carbocycles. The van der Waals surface area contributed by atoms with E-state index in [0.717, 1.165) is 31.2 Å². The minimum Gasteiger partial charge on any atom is -0.405 e. The molecule has 3 N–H and O–H groups in total. The SMILES string of the molecule is C[C@@H](C1CC1)N1Cc2cc(-c3ccn4nc(N)c(C(=O)Nc5cncc(F)c5)c4n3)cc(OC(F)(F)F)c2C1=O. The Morgan fingerprint density at radius 2 is 2.00 bits per heavy atom. The fourth-order valence-corrected chi connectivity index (χ4v) is 4.95. The molecule has 0 bridgehead atoms. The number of nitrogens with zero attached hydrogens (tertiary/aromatic N) is 5. The molecule has 6 rings (SSSR count). The molecule has 1 fully saturated rings. The largest absolute Gasteiger partial charge is 0.573 e. The topological polar surface area (TPSA) is 128 Å². The lowest BCUT2D eigenvalue weighted by atomic mass is 10.0. The molecule has 3 aromatic heterocycles. The number of rotatable bonds is 6. The van der Waals surface area contributed by atoms with Crippen molar-refractivity contribution in [3.63, 3.8) is 0 Å². The van der Waals surface area contributed by atoms with Gasteiger partial charge in [-0.3, -0.25) is 14.6 Å². The fourth-order valence-electron chi connectivity index (χ4n) is 4.95. The van der Waals surface area contributed by atoms with Gasteiger partial charge in [0.25, 0.3) is 11.8 Å². The van der Waals surface area contributed by atoms with E-state index in [2.05, 4.69) is 25.1 Å². The summed E-state index contributed by atoms with van der Waals surface area (Å²) in [5, 5.41) is 6.55. The van der Waals surface area contributed by atoms with Crippen LogP contribution in [-0.4, -0.2) is 48.7 Å². The van der Waals surface area contributed by atoms with E-state index in [4.69, 9.17) is 5.73 Å². The van der Waals surface area contributed by atoms with Crippen molar-refractivity contribution in [2.75, 3.05) is 11.1 Å². The van der Waals surface area contributed by atoms with E-state index in [0.29, 0.717) is 11.5 Å². The van der Waals surface area contributed by atoms with Crippen LogP contribution in [0.2, 0.25) is 0 Å². The number of hydrogen-bond donors (Lipinski definition) is 2. The van der Waals surface area contributed by atoms with Crippen LogP contribution in [0, 0.1) is 11.7 Å². The predicted octanol–water partition coefficient (Wildman–Crippen LogP) is 4.42. The summed E-state index contributed by atoms with van der Waals surface area (Å²) < 4.78 is 59.1. The third-order valence-electron chi connectivity index (χ3n) is 7.02. The van der Waals surface area contributed by atoms with Crippen molar-refractivity contribution in [1.29, 1.82) is 0 Å². The lowest BCUT2D eigenvalue weighted by Gasteiger charge is -2.24. The Morgan fingerprint density at radius 1 is 1.23 bits per heavy atom. The van der Waals surface area contributed by atoms with Crippen molar-refractivity contribution in [2.45, 2.75) is 38.7 Å². The summed E-state index contributed by atoms with van der Waals surface area (Å²) in [4.78, 5) is 35.9. The van der Waals surface area contributed by atoms with Gasteiger partial charge in [0.15, 0.2) is 11.5 Å². The summed E-state index contributed by atoms with van der Waals surface area (Å²) in [6, 6.07) is 5.12. The Bertz CT molecular complexity index is 1680. The molecule has 0 radical (unpaired) electrons. The van der Waals surface area contributed by atoms with Crippen LogP contribution in [0.15, 0.2) is 42.9 Å². The third kappa shape index (κ3) is 4.65. The van der Waals surface area contributed by atoms with Crippen molar-refractivity contribution in [3.05, 3.63) is 65.4 Å². The van der Waals surface area contributed by atoms with Crippen LogP contribution in [0.1, 0.15) is 46.0 Å². The number of carbonyl (C=O) groups is 2. The molecule has 1 aliphatic heterocycles. The first-order chi connectivity index (χ1) is 19.0. The molecule has 0 unspecified atom stereocenters. The molecule has 40 heavy (non-hydrogen) atoms. The van der Waals surface area contributed by atoms with Crippen LogP contribution in [0.5, 0.6) is 5.75 Å². The van der Waals surface area contributed by atoms with Gasteiger partial charge in [0.1, 0.15) is 17.1 Å². The number of aromatic nitrogens is 4. The van der Waals surface area contributed by atoms with Crippen molar-refractivity contribution in [3.8, 4) is 17.0 Å². The number of alkyl halides is 3.